The Hall–Kier alpha value is -1.38. The molecule has 2 N–H and O–H groups in total. The summed E-state index contributed by atoms with van der Waals surface area (Å²) in [6.07, 6.45) is 3.09. The Morgan fingerprint density at radius 1 is 1.25 bits per heavy atom. The van der Waals surface area contributed by atoms with Crippen LogP contribution < -0.4 is 10.6 Å². The van der Waals surface area contributed by atoms with E-state index in [0.29, 0.717) is 6.04 Å². The van der Waals surface area contributed by atoms with Crippen LogP contribution in [0.15, 0.2) is 4.99 Å². The molecule has 2 aliphatic heterocycles. The van der Waals surface area contributed by atoms with Crippen LogP contribution in [0.4, 0.5) is 0 Å². The van der Waals surface area contributed by atoms with E-state index >= 15 is 0 Å². The first-order chi connectivity index (χ1) is 13.5. The van der Waals surface area contributed by atoms with E-state index in [1.165, 1.54) is 0 Å². The number of likely N-dealkylation sites (N-methyl/N-ethyl adjacent to an activating group) is 1. The van der Waals surface area contributed by atoms with E-state index in [0.717, 1.165) is 84.2 Å². The summed E-state index contributed by atoms with van der Waals surface area (Å²) in [5.74, 6) is 1.11. The van der Waals surface area contributed by atoms with Crippen LogP contribution in [0.1, 0.15) is 33.1 Å². The molecule has 2 unspecified atom stereocenters. The minimum absolute atomic E-state index is 0.0614. The monoisotopic (exact) mass is 396 g/mol. The second-order valence-electron chi connectivity index (χ2n) is 7.92. The van der Waals surface area contributed by atoms with Gasteiger partial charge in [0.15, 0.2) is 5.96 Å². The van der Waals surface area contributed by atoms with E-state index in [2.05, 4.69) is 34.3 Å². The third kappa shape index (κ3) is 7.22. The van der Waals surface area contributed by atoms with Crippen molar-refractivity contribution in [1.29, 1.82) is 0 Å². The van der Waals surface area contributed by atoms with Gasteiger partial charge in [0.1, 0.15) is 0 Å². The molecule has 8 heteroatoms. The normalized spacial score (nSPS) is 22.9. The fourth-order valence-corrected chi connectivity index (χ4v) is 3.86. The predicted octanol–water partition coefficient (Wildman–Crippen LogP) is 0.205. The Bertz CT molecular complexity index is 493. The molecular formula is C20H40N6O2. The van der Waals surface area contributed by atoms with Crippen LogP contribution >= 0.6 is 0 Å². The average Bonchev–Trinajstić information content (AvgIpc) is 3.17. The van der Waals surface area contributed by atoms with Gasteiger partial charge >= 0.3 is 0 Å². The minimum atomic E-state index is 0.0614. The number of rotatable bonds is 9. The minimum Gasteiger partial charge on any atom is -0.379 e. The van der Waals surface area contributed by atoms with Gasteiger partial charge in [0.25, 0.3) is 0 Å². The Kier molecular flexibility index (Phi) is 10.0. The molecule has 1 amide bonds. The Labute approximate surface area is 170 Å². The van der Waals surface area contributed by atoms with Crippen molar-refractivity contribution in [3.05, 3.63) is 0 Å². The van der Waals surface area contributed by atoms with Gasteiger partial charge in [-0.15, -0.1) is 0 Å². The van der Waals surface area contributed by atoms with Crippen molar-refractivity contribution in [3.8, 4) is 0 Å². The number of hydrogen-bond acceptors (Lipinski definition) is 5. The Morgan fingerprint density at radius 2 is 2.00 bits per heavy atom. The molecule has 2 saturated heterocycles. The summed E-state index contributed by atoms with van der Waals surface area (Å²) in [4.78, 5) is 23.5. The van der Waals surface area contributed by atoms with E-state index < -0.39 is 0 Å². The van der Waals surface area contributed by atoms with Crippen LogP contribution in [-0.2, 0) is 9.53 Å². The van der Waals surface area contributed by atoms with Crippen LogP contribution in [0.25, 0.3) is 0 Å². The number of aliphatic imine (C=N–C) groups is 1. The number of nitrogens with one attached hydrogen (secondary N) is 2. The number of morpholine rings is 1. The number of nitrogens with zero attached hydrogens (tertiary/aromatic N) is 4. The highest BCUT2D eigenvalue weighted by Crippen LogP contribution is 2.18. The van der Waals surface area contributed by atoms with Crippen LogP contribution in [0.5, 0.6) is 0 Å². The molecule has 2 fully saturated rings. The molecule has 0 bridgehead atoms. The lowest BCUT2D eigenvalue weighted by Crippen LogP contribution is -2.45. The van der Waals surface area contributed by atoms with Gasteiger partial charge in [0.2, 0.25) is 5.91 Å². The lowest BCUT2D eigenvalue weighted by atomic mass is 10.2. The van der Waals surface area contributed by atoms with Gasteiger partial charge in [-0.2, -0.15) is 0 Å². The third-order valence-electron chi connectivity index (χ3n) is 5.53. The zero-order chi connectivity index (χ0) is 20.4. The van der Waals surface area contributed by atoms with E-state index in [1.807, 2.05) is 14.1 Å². The second kappa shape index (κ2) is 12.2. The molecule has 162 valence electrons. The molecule has 0 spiro atoms. The molecule has 28 heavy (non-hydrogen) atoms. The number of ether oxygens (including phenoxy) is 1. The summed E-state index contributed by atoms with van der Waals surface area (Å²) in [6.45, 7) is 12.4. The summed E-state index contributed by atoms with van der Waals surface area (Å²) in [6, 6.07) is 0.480. The van der Waals surface area contributed by atoms with Gasteiger partial charge < -0.3 is 20.3 Å². The van der Waals surface area contributed by atoms with Crippen molar-refractivity contribution >= 4 is 11.9 Å². The predicted molar refractivity (Wildman–Crippen MR) is 114 cm³/mol. The zero-order valence-electron chi connectivity index (χ0n) is 18.2. The first-order valence-electron chi connectivity index (χ1n) is 10.8. The SMILES string of the molecule is CCNC(=NCC(C)N1CCOCC1)NCCCN1CCCC1C(=O)N(C)C. The molecule has 2 atom stereocenters. The molecule has 8 nitrogen and oxygen atoms in total. The van der Waals surface area contributed by atoms with E-state index in [4.69, 9.17) is 9.73 Å². The van der Waals surface area contributed by atoms with Crippen molar-refractivity contribution < 1.29 is 9.53 Å². The van der Waals surface area contributed by atoms with Crippen molar-refractivity contribution in [3.63, 3.8) is 0 Å². The number of carbonyl (C=O) groups is 1. The summed E-state index contributed by atoms with van der Waals surface area (Å²) in [5.41, 5.74) is 0. The van der Waals surface area contributed by atoms with Gasteiger partial charge in [0, 0.05) is 52.9 Å². The van der Waals surface area contributed by atoms with Crippen molar-refractivity contribution in [1.82, 2.24) is 25.3 Å². The van der Waals surface area contributed by atoms with Crippen molar-refractivity contribution in [2.45, 2.75) is 45.2 Å². The quantitative estimate of drug-likeness (QED) is 0.330. The van der Waals surface area contributed by atoms with Crippen LogP contribution in [0.3, 0.4) is 0 Å². The summed E-state index contributed by atoms with van der Waals surface area (Å²) < 4.78 is 5.43. The highest BCUT2D eigenvalue weighted by atomic mass is 16.5. The molecule has 0 aromatic heterocycles. The lowest BCUT2D eigenvalue weighted by molar-refractivity contribution is -0.133. The fraction of sp³-hybridized carbons (Fsp3) is 0.900. The average molecular weight is 397 g/mol. The lowest BCUT2D eigenvalue weighted by Gasteiger charge is -2.31. The molecule has 2 rings (SSSR count). The third-order valence-corrected chi connectivity index (χ3v) is 5.53. The molecule has 0 aromatic carbocycles. The van der Waals surface area contributed by atoms with E-state index in [9.17, 15) is 4.79 Å². The number of carbonyl (C=O) groups excluding carboxylic acids is 1. The summed E-state index contributed by atoms with van der Waals surface area (Å²) in [7, 11) is 3.69. The molecule has 0 aromatic rings. The smallest absolute Gasteiger partial charge is 0.239 e. The van der Waals surface area contributed by atoms with Crippen molar-refractivity contribution in [2.24, 2.45) is 4.99 Å². The number of guanidine groups is 1. The van der Waals surface area contributed by atoms with Gasteiger partial charge in [-0.1, -0.05) is 0 Å². The van der Waals surface area contributed by atoms with Crippen LogP contribution in [-0.4, -0.2) is 112 Å². The topological polar surface area (TPSA) is 72.4 Å². The first-order valence-corrected chi connectivity index (χ1v) is 10.8. The molecule has 0 saturated carbocycles. The number of likely N-dealkylation sites (tertiary alicyclic amines) is 1. The van der Waals surface area contributed by atoms with Crippen LogP contribution in [0, 0.1) is 0 Å². The molecule has 2 heterocycles. The van der Waals surface area contributed by atoms with E-state index in [1.54, 1.807) is 4.90 Å². The maximum Gasteiger partial charge on any atom is 0.239 e. The molecular weight excluding hydrogens is 356 g/mol. The molecule has 0 radical (unpaired) electrons. The zero-order valence-corrected chi connectivity index (χ0v) is 18.2. The molecule has 2 aliphatic rings. The fourth-order valence-electron chi connectivity index (χ4n) is 3.86. The highest BCUT2D eigenvalue weighted by Gasteiger charge is 2.30. The van der Waals surface area contributed by atoms with Gasteiger partial charge in [-0.25, -0.2) is 0 Å². The van der Waals surface area contributed by atoms with Crippen LogP contribution in [0.2, 0.25) is 0 Å². The largest absolute Gasteiger partial charge is 0.379 e. The van der Waals surface area contributed by atoms with Gasteiger partial charge in [0.05, 0.1) is 25.8 Å². The highest BCUT2D eigenvalue weighted by molar-refractivity contribution is 5.81. The van der Waals surface area contributed by atoms with Gasteiger partial charge in [-0.05, 0) is 39.7 Å². The first kappa shape index (κ1) is 22.9. The number of amides is 1. The van der Waals surface area contributed by atoms with E-state index in [-0.39, 0.29) is 11.9 Å². The Morgan fingerprint density at radius 3 is 2.68 bits per heavy atom. The van der Waals surface area contributed by atoms with Crippen molar-refractivity contribution in [2.75, 3.05) is 73.1 Å². The molecule has 0 aliphatic carbocycles. The standard InChI is InChI=1S/C20H40N6O2/c1-5-21-20(23-16-17(2)25-12-14-28-15-13-25)22-9-7-11-26-10-6-8-18(26)19(27)24(3)4/h17-18H,5-16H2,1-4H3,(H2,21,22,23). The maximum atomic E-state index is 12.3. The summed E-state index contributed by atoms with van der Waals surface area (Å²) in [5, 5.41) is 6.78. The van der Waals surface area contributed by atoms with Gasteiger partial charge in [-0.3, -0.25) is 19.6 Å². The second-order valence-corrected chi connectivity index (χ2v) is 7.92. The summed E-state index contributed by atoms with van der Waals surface area (Å²) >= 11 is 0. The number of hydrogen-bond donors (Lipinski definition) is 2. The Balaban J connectivity index is 1.72. The maximum absolute atomic E-state index is 12.3.